The zero-order valence-electron chi connectivity index (χ0n) is 21.9. The van der Waals surface area contributed by atoms with Crippen LogP contribution in [-0.2, 0) is 6.54 Å². The van der Waals surface area contributed by atoms with Gasteiger partial charge < -0.3 is 20.9 Å². The molecule has 3 atom stereocenters. The van der Waals surface area contributed by atoms with Gasteiger partial charge in [-0.25, -0.2) is 19.3 Å². The number of pyridine rings is 1. The zero-order chi connectivity index (χ0) is 26.1. The van der Waals surface area contributed by atoms with E-state index in [1.165, 1.54) is 12.6 Å². The topological polar surface area (TPSA) is 81.2 Å². The molecule has 0 saturated carbocycles. The van der Waals surface area contributed by atoms with Gasteiger partial charge >= 0.3 is 0 Å². The molecule has 2 aromatic heterocycles. The SMILES string of the molecule is C#C/C(=C\C1=C(C)NC(C)N1C(C)C)c1cc(Nc2ncc(CN3CC4CCNC4C3)cn2)ncc1F. The van der Waals surface area contributed by atoms with Gasteiger partial charge in [-0.05, 0) is 58.7 Å². The molecule has 194 valence electrons. The summed E-state index contributed by atoms with van der Waals surface area (Å²) in [5, 5.41) is 10.1. The number of nitrogens with zero attached hydrogens (tertiary/aromatic N) is 5. The van der Waals surface area contributed by atoms with Crippen LogP contribution in [0.15, 0.2) is 42.1 Å². The highest BCUT2D eigenvalue weighted by molar-refractivity contribution is 5.81. The van der Waals surface area contributed by atoms with Crippen molar-refractivity contribution in [3.05, 3.63) is 59.1 Å². The molecular formula is C28H35FN8. The highest BCUT2D eigenvalue weighted by Crippen LogP contribution is 2.29. The minimum atomic E-state index is -0.482. The van der Waals surface area contributed by atoms with Gasteiger partial charge in [0.2, 0.25) is 5.95 Å². The van der Waals surface area contributed by atoms with E-state index in [1.54, 1.807) is 6.07 Å². The predicted octanol–water partition coefficient (Wildman–Crippen LogP) is 3.46. The van der Waals surface area contributed by atoms with Crippen LogP contribution in [0.25, 0.3) is 5.57 Å². The maximum atomic E-state index is 14.9. The summed E-state index contributed by atoms with van der Waals surface area (Å²) in [7, 11) is 0. The van der Waals surface area contributed by atoms with Crippen LogP contribution in [0.1, 0.15) is 45.2 Å². The maximum Gasteiger partial charge on any atom is 0.228 e. The molecule has 2 aromatic rings. The first-order valence-corrected chi connectivity index (χ1v) is 13.0. The third-order valence-electron chi connectivity index (χ3n) is 7.43. The minimum Gasteiger partial charge on any atom is -0.367 e. The second-order valence-electron chi connectivity index (χ2n) is 10.4. The van der Waals surface area contributed by atoms with E-state index in [1.807, 2.05) is 25.4 Å². The molecule has 0 spiro atoms. The molecule has 5 heterocycles. The predicted molar refractivity (Wildman–Crippen MR) is 144 cm³/mol. The molecule has 5 rings (SSSR count). The summed E-state index contributed by atoms with van der Waals surface area (Å²) in [5.41, 5.74) is 3.77. The van der Waals surface area contributed by atoms with Gasteiger partial charge in [0.25, 0.3) is 0 Å². The van der Waals surface area contributed by atoms with Crippen molar-refractivity contribution in [3.8, 4) is 12.3 Å². The van der Waals surface area contributed by atoms with Gasteiger partial charge in [-0.1, -0.05) is 5.92 Å². The minimum absolute atomic E-state index is 0.131. The van der Waals surface area contributed by atoms with E-state index in [2.05, 4.69) is 67.4 Å². The summed E-state index contributed by atoms with van der Waals surface area (Å²) in [4.78, 5) is 17.8. The van der Waals surface area contributed by atoms with Crippen LogP contribution in [0.4, 0.5) is 16.2 Å². The summed E-state index contributed by atoms with van der Waals surface area (Å²) < 4.78 is 14.9. The molecule has 9 heteroatoms. The van der Waals surface area contributed by atoms with Crippen LogP contribution in [0.5, 0.6) is 0 Å². The van der Waals surface area contributed by atoms with Gasteiger partial charge in [-0.3, -0.25) is 4.90 Å². The number of halogens is 1. The number of nitrogens with one attached hydrogen (secondary N) is 3. The Balaban J connectivity index is 1.30. The molecule has 8 nitrogen and oxygen atoms in total. The molecule has 0 aliphatic carbocycles. The van der Waals surface area contributed by atoms with Crippen LogP contribution < -0.4 is 16.0 Å². The number of rotatable bonds is 7. The van der Waals surface area contributed by atoms with Gasteiger partial charge in [-0.2, -0.15) is 0 Å². The normalized spacial score (nSPS) is 24.0. The fraction of sp³-hybridized carbons (Fsp3) is 0.464. The first-order chi connectivity index (χ1) is 17.8. The maximum absolute atomic E-state index is 14.9. The fourth-order valence-electron chi connectivity index (χ4n) is 5.76. The lowest BCUT2D eigenvalue weighted by Crippen LogP contribution is -2.38. The summed E-state index contributed by atoms with van der Waals surface area (Å²) in [5.74, 6) is 3.76. The smallest absolute Gasteiger partial charge is 0.228 e. The van der Waals surface area contributed by atoms with Crippen molar-refractivity contribution in [1.29, 1.82) is 0 Å². The summed E-state index contributed by atoms with van der Waals surface area (Å²) >= 11 is 0. The van der Waals surface area contributed by atoms with Crippen LogP contribution in [0.2, 0.25) is 0 Å². The Hall–Kier alpha value is -3.48. The molecule has 37 heavy (non-hydrogen) atoms. The molecule has 2 saturated heterocycles. The molecule has 2 fully saturated rings. The van der Waals surface area contributed by atoms with Crippen molar-refractivity contribution in [2.75, 3.05) is 25.0 Å². The number of allylic oxidation sites excluding steroid dienone is 3. The van der Waals surface area contributed by atoms with Gasteiger partial charge in [0.1, 0.15) is 11.6 Å². The average molecular weight is 503 g/mol. The van der Waals surface area contributed by atoms with Crippen molar-refractivity contribution < 1.29 is 4.39 Å². The van der Waals surface area contributed by atoms with Crippen LogP contribution in [-0.4, -0.2) is 62.6 Å². The van der Waals surface area contributed by atoms with E-state index in [0.29, 0.717) is 28.9 Å². The van der Waals surface area contributed by atoms with E-state index in [0.717, 1.165) is 49.1 Å². The van der Waals surface area contributed by atoms with E-state index < -0.39 is 5.82 Å². The fourth-order valence-corrected chi connectivity index (χ4v) is 5.76. The average Bonchev–Trinajstić information content (AvgIpc) is 3.53. The second kappa shape index (κ2) is 10.5. The first-order valence-electron chi connectivity index (χ1n) is 13.0. The Labute approximate surface area is 218 Å². The first kappa shape index (κ1) is 25.2. The molecule has 0 radical (unpaired) electrons. The Morgan fingerprint density at radius 3 is 2.76 bits per heavy atom. The lowest BCUT2D eigenvalue weighted by Gasteiger charge is -2.29. The van der Waals surface area contributed by atoms with Crippen LogP contribution in [0, 0.1) is 24.1 Å². The van der Waals surface area contributed by atoms with Crippen molar-refractivity contribution >= 4 is 17.3 Å². The molecule has 0 amide bonds. The Morgan fingerprint density at radius 2 is 2.05 bits per heavy atom. The number of aromatic nitrogens is 3. The third kappa shape index (κ3) is 5.31. The number of hydrogen-bond donors (Lipinski definition) is 3. The van der Waals surface area contributed by atoms with Crippen LogP contribution >= 0.6 is 0 Å². The number of terminal acetylenes is 1. The van der Waals surface area contributed by atoms with Gasteiger partial charge in [0, 0.05) is 66.5 Å². The van der Waals surface area contributed by atoms with Crippen molar-refractivity contribution in [1.82, 2.24) is 35.4 Å². The highest BCUT2D eigenvalue weighted by atomic mass is 19.1. The number of likely N-dealkylation sites (tertiary alicyclic amines) is 1. The van der Waals surface area contributed by atoms with Gasteiger partial charge in [0.15, 0.2) is 0 Å². The lowest BCUT2D eigenvalue weighted by molar-refractivity contribution is 0.233. The van der Waals surface area contributed by atoms with Gasteiger partial charge in [0.05, 0.1) is 18.1 Å². The Bertz CT molecular complexity index is 1230. The van der Waals surface area contributed by atoms with Gasteiger partial charge in [-0.15, -0.1) is 6.42 Å². The van der Waals surface area contributed by atoms with E-state index in [4.69, 9.17) is 6.42 Å². The van der Waals surface area contributed by atoms with E-state index >= 15 is 0 Å². The molecule has 3 aliphatic heterocycles. The molecule has 0 aromatic carbocycles. The summed E-state index contributed by atoms with van der Waals surface area (Å²) in [6.07, 6.45) is 13.9. The van der Waals surface area contributed by atoms with Crippen molar-refractivity contribution in [3.63, 3.8) is 0 Å². The Morgan fingerprint density at radius 1 is 1.27 bits per heavy atom. The summed E-state index contributed by atoms with van der Waals surface area (Å²) in [6, 6.07) is 2.48. The monoisotopic (exact) mass is 502 g/mol. The number of fused-ring (bicyclic) bond motifs is 1. The lowest BCUT2D eigenvalue weighted by atomic mass is 10.0. The molecule has 0 bridgehead atoms. The standard InChI is InChI=1S/C28H35FN8/c1-6-21(9-26-18(4)34-19(5)37(26)17(2)3)23-10-27(31-13-24(23)29)35-28-32-11-20(12-33-28)14-36-15-22-7-8-30-25(22)16-36/h1,9-13,17,19,22,25,30,34H,7-8,14-16H2,2-5H3,(H,31,32,33,35)/b21-9+. The largest absolute Gasteiger partial charge is 0.367 e. The van der Waals surface area contributed by atoms with Crippen LogP contribution in [0.3, 0.4) is 0 Å². The second-order valence-corrected chi connectivity index (χ2v) is 10.4. The number of anilines is 2. The zero-order valence-corrected chi connectivity index (χ0v) is 21.9. The molecule has 3 aliphatic rings. The van der Waals surface area contributed by atoms with E-state index in [-0.39, 0.29) is 12.2 Å². The third-order valence-corrected chi connectivity index (χ3v) is 7.43. The summed E-state index contributed by atoms with van der Waals surface area (Å²) in [6.45, 7) is 12.5. The Kier molecular flexibility index (Phi) is 7.13. The highest BCUT2D eigenvalue weighted by Gasteiger charge is 2.35. The number of hydrogen-bond acceptors (Lipinski definition) is 8. The molecule has 3 unspecified atom stereocenters. The van der Waals surface area contributed by atoms with Crippen molar-refractivity contribution in [2.45, 2.75) is 58.9 Å². The molecular weight excluding hydrogens is 467 g/mol. The van der Waals surface area contributed by atoms with Crippen molar-refractivity contribution in [2.24, 2.45) is 5.92 Å². The quantitative estimate of drug-likeness (QED) is 0.497. The molecule has 3 N–H and O–H groups in total. The van der Waals surface area contributed by atoms with E-state index in [9.17, 15) is 4.39 Å².